The van der Waals surface area contributed by atoms with Crippen molar-refractivity contribution in [1.29, 1.82) is 0 Å². The average molecular weight is 1600 g/mol. The molecule has 0 radical (unpaired) electrons. The molecule has 2 fully saturated rings. The van der Waals surface area contributed by atoms with Gasteiger partial charge >= 0.3 is 11.9 Å². The highest BCUT2D eigenvalue weighted by Crippen LogP contribution is 2.28. The first-order valence-corrected chi connectivity index (χ1v) is 38.5. The van der Waals surface area contributed by atoms with E-state index in [2.05, 4.69) is 47.9 Å². The lowest BCUT2D eigenvalue weighted by atomic mass is 9.85. The quantitative estimate of drug-likeness (QED) is 0.0256. The summed E-state index contributed by atoms with van der Waals surface area (Å²) in [5.74, 6) is -25.2. The number of carboxylic acid groups (broad SMARTS) is 1. The lowest BCUT2D eigenvalue weighted by Crippen LogP contribution is -2.65. The Morgan fingerprint density at radius 2 is 1.23 bits per heavy atom. The van der Waals surface area contributed by atoms with Gasteiger partial charge in [-0.05, 0) is 126 Å². The smallest absolute Gasteiger partial charge is 0.329 e. The van der Waals surface area contributed by atoms with Crippen molar-refractivity contribution in [2.75, 3.05) is 40.4 Å². The van der Waals surface area contributed by atoms with Crippen LogP contribution in [0.2, 0.25) is 0 Å². The van der Waals surface area contributed by atoms with Gasteiger partial charge in [-0.1, -0.05) is 82.6 Å². The number of nitrogens with one attached hydrogen (secondary N) is 9. The number of aliphatic hydroxyl groups is 4. The first-order valence-electron chi connectivity index (χ1n) is 38.5. The number of ether oxygens (including phenoxy) is 2. The highest BCUT2D eigenvalue weighted by atomic mass is 16.5. The number of hydrogen-bond acceptors (Lipinski definition) is 24. The maximum absolute atomic E-state index is 15.5. The molecule has 0 saturated carbocycles. The van der Waals surface area contributed by atoms with E-state index in [4.69, 9.17) is 38.1 Å². The molecular weight excluding hydrogens is 1470 g/mol. The second kappa shape index (κ2) is 48.3. The zero-order valence-corrected chi connectivity index (χ0v) is 67.2. The van der Waals surface area contributed by atoms with Gasteiger partial charge in [-0.3, -0.25) is 71.9 Å². The lowest BCUT2D eigenvalue weighted by Gasteiger charge is -2.39. The van der Waals surface area contributed by atoms with E-state index in [0.29, 0.717) is 6.42 Å². The van der Waals surface area contributed by atoms with Gasteiger partial charge < -0.3 is 121 Å². The molecule has 2 aliphatic rings. The van der Waals surface area contributed by atoms with E-state index in [0.717, 1.165) is 30.4 Å². The number of hydrogen-bond donors (Lipinski definition) is 19. The molecule has 112 heavy (non-hydrogen) atoms. The molecule has 638 valence electrons. The van der Waals surface area contributed by atoms with Crippen LogP contribution in [0.5, 0.6) is 0 Å². The molecule has 2 heterocycles. The van der Waals surface area contributed by atoms with Crippen LogP contribution in [0.4, 0.5) is 0 Å². The molecule has 39 nitrogen and oxygen atoms in total. The van der Waals surface area contributed by atoms with Gasteiger partial charge in [-0.25, -0.2) is 4.79 Å². The van der Waals surface area contributed by atoms with Gasteiger partial charge in [-0.15, -0.1) is 0 Å². The molecule has 0 aliphatic carbocycles. The number of cyclic esters (lactones) is 1. The van der Waals surface area contributed by atoms with Crippen molar-refractivity contribution < 1.29 is 112 Å². The number of carbonyl (C=O) groups is 16. The number of piperidine rings is 1. The van der Waals surface area contributed by atoms with Crippen molar-refractivity contribution in [2.24, 2.45) is 76.0 Å². The van der Waals surface area contributed by atoms with Crippen LogP contribution >= 0.6 is 0 Å². The molecule has 39 heteroatoms. The van der Waals surface area contributed by atoms with Gasteiger partial charge in [0.1, 0.15) is 72.6 Å². The highest BCUT2D eigenvalue weighted by molar-refractivity contribution is 6.00. The Morgan fingerprint density at radius 3 is 1.78 bits per heavy atom. The fourth-order valence-corrected chi connectivity index (χ4v) is 13.1. The van der Waals surface area contributed by atoms with E-state index in [1.807, 2.05) is 13.8 Å². The number of amides is 14. The number of likely N-dealkylation sites (N-methyl/N-ethyl adjacent to an activating group) is 1. The average Bonchev–Trinajstić information content (AvgIpc) is 0.850. The Labute approximate surface area is 654 Å². The molecule has 2 saturated heterocycles. The molecule has 22 atom stereocenters. The number of carboxylic acids is 1. The van der Waals surface area contributed by atoms with Crippen LogP contribution in [-0.2, 0) is 86.2 Å². The largest absolute Gasteiger partial charge is 0.481 e. The fraction of sp³-hybridized carbons (Fsp3) is 0.781. The second-order valence-electron chi connectivity index (χ2n) is 30.6. The number of primary amides is 3. The third-order valence-electron chi connectivity index (χ3n) is 21.1. The van der Waals surface area contributed by atoms with E-state index in [9.17, 15) is 83.1 Å². The van der Waals surface area contributed by atoms with E-state index >= 15 is 19.2 Å². The third-order valence-corrected chi connectivity index (χ3v) is 21.1. The summed E-state index contributed by atoms with van der Waals surface area (Å²) in [7, 11) is 2.31. The molecule has 0 spiro atoms. The van der Waals surface area contributed by atoms with Crippen molar-refractivity contribution in [1.82, 2.24) is 57.7 Å². The highest BCUT2D eigenvalue weighted by Gasteiger charge is 2.48. The number of aliphatic carboxylic acids is 1. The van der Waals surface area contributed by atoms with Crippen molar-refractivity contribution in [3.8, 4) is 0 Å². The van der Waals surface area contributed by atoms with E-state index in [1.54, 1.807) is 34.6 Å². The molecule has 3 unspecified atom stereocenters. The van der Waals surface area contributed by atoms with Crippen LogP contribution in [0.1, 0.15) is 179 Å². The summed E-state index contributed by atoms with van der Waals surface area (Å²) in [5.41, 5.74) is 28.5. The van der Waals surface area contributed by atoms with Crippen LogP contribution < -0.4 is 76.5 Å². The van der Waals surface area contributed by atoms with Crippen LogP contribution in [0.3, 0.4) is 0 Å². The van der Waals surface area contributed by atoms with Gasteiger partial charge in [0, 0.05) is 39.5 Å². The summed E-state index contributed by atoms with van der Waals surface area (Å²) in [5, 5.41) is 78.3. The van der Waals surface area contributed by atoms with Crippen molar-refractivity contribution >= 4 is 94.6 Å². The number of esters is 1. The minimum Gasteiger partial charge on any atom is -0.481 e. The number of nitrogens with zero attached hydrogens (tertiary/aromatic N) is 2. The maximum Gasteiger partial charge on any atom is 0.329 e. The lowest BCUT2D eigenvalue weighted by molar-refractivity contribution is -0.168. The normalized spacial score (nSPS) is 24.5. The summed E-state index contributed by atoms with van der Waals surface area (Å²) in [6.45, 7) is 17.4. The monoisotopic (exact) mass is 1600 g/mol. The van der Waals surface area contributed by atoms with Crippen LogP contribution in [0.15, 0.2) is 0 Å². The molecule has 0 aromatic carbocycles. The van der Waals surface area contributed by atoms with Crippen LogP contribution in [-0.4, -0.2) is 267 Å². The number of carbonyl (C=O) groups excluding carboxylic acids is 15. The number of fused-ring (bicyclic) bond motifs is 1. The molecule has 2 rings (SSSR count). The minimum atomic E-state index is -2.69. The number of aliphatic hydroxyl groups excluding tert-OH is 4. The van der Waals surface area contributed by atoms with Gasteiger partial charge in [0.25, 0.3) is 5.91 Å². The first-order chi connectivity index (χ1) is 52.3. The second-order valence-corrected chi connectivity index (χ2v) is 30.6. The van der Waals surface area contributed by atoms with Gasteiger partial charge in [0.15, 0.2) is 6.10 Å². The molecule has 24 N–H and O–H groups in total. The Balaban J connectivity index is 3.12. The summed E-state index contributed by atoms with van der Waals surface area (Å²) < 4.78 is 11.7. The van der Waals surface area contributed by atoms with E-state index in [-0.39, 0.29) is 82.8 Å². The van der Waals surface area contributed by atoms with Crippen molar-refractivity contribution in [3.05, 3.63) is 0 Å². The first kappa shape index (κ1) is 99.3. The zero-order chi connectivity index (χ0) is 85.5. The predicted octanol–water partition coefficient (Wildman–Crippen LogP) is -5.12. The maximum atomic E-state index is 15.5. The summed E-state index contributed by atoms with van der Waals surface area (Å²) in [4.78, 5) is 229. The van der Waals surface area contributed by atoms with Crippen LogP contribution in [0, 0.1) is 47.3 Å². The summed E-state index contributed by atoms with van der Waals surface area (Å²) >= 11 is 0. The van der Waals surface area contributed by atoms with Gasteiger partial charge in [0.2, 0.25) is 76.8 Å². The predicted molar refractivity (Wildman–Crippen MR) is 404 cm³/mol. The molecule has 0 aromatic heterocycles. The Morgan fingerprint density at radius 1 is 0.643 bits per heavy atom. The van der Waals surface area contributed by atoms with E-state index in [1.165, 1.54) is 34.6 Å². The number of methoxy groups -OCH3 is 1. The molecule has 2 aliphatic heterocycles. The molecule has 0 aromatic rings. The van der Waals surface area contributed by atoms with Gasteiger partial charge in [-0.2, -0.15) is 0 Å². The van der Waals surface area contributed by atoms with E-state index < -0.39 is 266 Å². The topological polar surface area (TPSA) is 638 Å². The number of nitrogens with two attached hydrogens (primary N) is 5. The Hall–Kier alpha value is -8.76. The fourth-order valence-electron chi connectivity index (χ4n) is 13.1. The Bertz CT molecular complexity index is 3200. The summed E-state index contributed by atoms with van der Waals surface area (Å²) in [6, 6.07) is -20.1. The SMILES string of the molecule is CC[C@@H](C)C[C@@H](C)[C@@H](O)[C@@H](C)C(=O)N[C@H](CCCN)C(=O)N[C@@H](CCC(N)=O)[C@@H](O)[C@@H](O)C(=O)N[C@H](C(=O)NC1C(=O)N[C@H](CO)C(=O)NC(CCCN)C(=O)N[C@@H](CC(C)C)C(=O)N(C)[C@@H](CCC(N)=O)C(=O)NC([C@@H](C)OC)C(=O)N[C@H](CC(=O)O)C(=O)N2CCCC[C@H]2C(=O)O[C@H]1[C@H](C)C(C)C)[C@@H](C)[C@@H](C)C(N)=O. The molecule has 0 bridgehead atoms. The minimum absolute atomic E-state index is 0.0192. The van der Waals surface area contributed by atoms with Crippen molar-refractivity contribution in [2.45, 2.75) is 276 Å². The number of rotatable bonds is 39. The Kier molecular flexibility index (Phi) is 42.9. The summed E-state index contributed by atoms with van der Waals surface area (Å²) in [6.07, 6.45) is -11.6. The zero-order valence-electron chi connectivity index (χ0n) is 67.2. The molecule has 14 amide bonds. The van der Waals surface area contributed by atoms with Crippen LogP contribution in [0.25, 0.3) is 0 Å². The van der Waals surface area contributed by atoms with Gasteiger partial charge in [0.05, 0.1) is 37.2 Å². The molecular formula is C73H128N16O23. The van der Waals surface area contributed by atoms with Crippen molar-refractivity contribution in [3.63, 3.8) is 0 Å². The standard InChI is InChI=1S/C73H128N16O23/c1-15-36(6)31-37(7)57(95)41(11)62(99)80-44(20-18-27-74)63(100)79-43(23-25-51(76)91)58(96)59(97)70(107)85-54(39(9)40(10)61(78)98)67(104)87-56-60(38(8)35(4)5)112-73(110)50-22-16-17-29-89(50)72(109)47(32-53(93)94)83-68(105)55(42(12)111-14)86-66(103)49(24-26-52(77)92)88(13)71(108)46(30-34(2)3)82-64(101)45(21-19-28-75)81-65(102)48(33-90)84-69(56)106/h34-50,54-60,90,95-97H,15-33,74-75H2,1-14H3,(H2,76,91)(H2,77,92)(H2,78,98)(H,79,100)(H,80,99)(H,81,102)(H,82,101)(H,83,105)(H,84,106)(H,85,107)(H,86,103)(H,87,104)(H,93,94)/t36-,37-,38-,39+,40-,41-,42-,43+,44-,45?,46+,47-,48-,49+,50+,54+,55?,56?,57-,58-,59-,60+/m1/s1. The third kappa shape index (κ3) is 30.6.